The molecule has 0 fully saturated rings. The number of anilines is 1. The Labute approximate surface area is 97.6 Å². The highest BCUT2D eigenvalue weighted by atomic mass is 79.9. The third-order valence-corrected chi connectivity index (χ3v) is 2.26. The molecular formula is C10H15BrFN3. The quantitative estimate of drug-likeness (QED) is 0.783. The van der Waals surface area contributed by atoms with Crippen LogP contribution in [0, 0.1) is 5.82 Å². The van der Waals surface area contributed by atoms with Gasteiger partial charge in [-0.25, -0.2) is 9.37 Å². The maximum atomic E-state index is 13.3. The van der Waals surface area contributed by atoms with E-state index in [1.54, 1.807) is 6.20 Å². The molecule has 0 aliphatic rings. The summed E-state index contributed by atoms with van der Waals surface area (Å²) in [7, 11) is 0. The van der Waals surface area contributed by atoms with Gasteiger partial charge in [0.25, 0.3) is 0 Å². The van der Waals surface area contributed by atoms with Gasteiger partial charge >= 0.3 is 0 Å². The number of aromatic nitrogens is 1. The molecule has 2 N–H and O–H groups in total. The molecule has 3 nitrogen and oxygen atoms in total. The second kappa shape index (κ2) is 6.74. The van der Waals surface area contributed by atoms with Gasteiger partial charge in [0.2, 0.25) is 0 Å². The number of nitrogens with zero attached hydrogens (tertiary/aromatic N) is 1. The fraction of sp³-hybridized carbons (Fsp3) is 0.500. The van der Waals surface area contributed by atoms with Crippen LogP contribution in [0.4, 0.5) is 10.2 Å². The fourth-order valence-corrected chi connectivity index (χ4v) is 1.42. The predicted octanol–water partition coefficient (Wildman–Crippen LogP) is 2.39. The first-order valence-electron chi connectivity index (χ1n) is 4.99. The Morgan fingerprint density at radius 3 is 2.87 bits per heavy atom. The summed E-state index contributed by atoms with van der Waals surface area (Å²) in [5.41, 5.74) is 0. The monoisotopic (exact) mass is 275 g/mol. The summed E-state index contributed by atoms with van der Waals surface area (Å²) in [5.74, 6) is -0.0311. The Hall–Kier alpha value is -0.680. The molecule has 84 valence electrons. The van der Waals surface area contributed by atoms with E-state index in [-0.39, 0.29) is 5.82 Å². The lowest BCUT2D eigenvalue weighted by Crippen LogP contribution is -2.23. The molecule has 0 aliphatic heterocycles. The minimum Gasteiger partial charge on any atom is -0.366 e. The summed E-state index contributed by atoms with van der Waals surface area (Å²) in [5, 5.41) is 6.14. The van der Waals surface area contributed by atoms with Gasteiger partial charge in [0.15, 0.2) is 11.6 Å². The highest BCUT2D eigenvalue weighted by molar-refractivity contribution is 9.10. The first kappa shape index (κ1) is 12.4. The summed E-state index contributed by atoms with van der Waals surface area (Å²) >= 11 is 3.16. The Kier molecular flexibility index (Phi) is 5.57. The molecule has 0 atom stereocenters. The molecule has 1 aromatic heterocycles. The largest absolute Gasteiger partial charge is 0.366 e. The van der Waals surface area contributed by atoms with Crippen LogP contribution < -0.4 is 10.6 Å². The van der Waals surface area contributed by atoms with Gasteiger partial charge in [0.1, 0.15) is 0 Å². The van der Waals surface area contributed by atoms with Crippen molar-refractivity contribution in [1.29, 1.82) is 0 Å². The van der Waals surface area contributed by atoms with E-state index in [2.05, 4.69) is 38.5 Å². The van der Waals surface area contributed by atoms with E-state index in [1.807, 2.05) is 0 Å². The first-order chi connectivity index (χ1) is 7.24. The lowest BCUT2D eigenvalue weighted by atomic mass is 10.4. The highest BCUT2D eigenvalue weighted by Crippen LogP contribution is 2.15. The van der Waals surface area contributed by atoms with E-state index in [0.717, 1.165) is 19.5 Å². The topological polar surface area (TPSA) is 37.0 Å². The van der Waals surface area contributed by atoms with Gasteiger partial charge in [0, 0.05) is 23.8 Å². The van der Waals surface area contributed by atoms with Crippen LogP contribution in [0.1, 0.15) is 13.3 Å². The average molecular weight is 276 g/mol. The number of nitrogens with one attached hydrogen (secondary N) is 2. The van der Waals surface area contributed by atoms with E-state index < -0.39 is 0 Å². The third-order valence-electron chi connectivity index (χ3n) is 1.83. The van der Waals surface area contributed by atoms with E-state index in [1.165, 1.54) is 6.07 Å². The molecule has 0 saturated carbocycles. The van der Waals surface area contributed by atoms with Gasteiger partial charge in [-0.05, 0) is 35.0 Å². The molecule has 0 saturated heterocycles. The van der Waals surface area contributed by atoms with Crippen molar-refractivity contribution in [3.63, 3.8) is 0 Å². The van der Waals surface area contributed by atoms with E-state index >= 15 is 0 Å². The number of halogens is 2. The van der Waals surface area contributed by atoms with Gasteiger partial charge < -0.3 is 10.6 Å². The van der Waals surface area contributed by atoms with Crippen LogP contribution in [0.25, 0.3) is 0 Å². The van der Waals surface area contributed by atoms with Gasteiger partial charge in [-0.1, -0.05) is 6.92 Å². The second-order valence-corrected chi connectivity index (χ2v) is 4.08. The van der Waals surface area contributed by atoms with Gasteiger partial charge in [-0.15, -0.1) is 0 Å². The van der Waals surface area contributed by atoms with Crippen LogP contribution in [-0.4, -0.2) is 24.6 Å². The minimum atomic E-state index is -0.333. The second-order valence-electron chi connectivity index (χ2n) is 3.16. The van der Waals surface area contributed by atoms with Gasteiger partial charge in [0.05, 0.1) is 0 Å². The molecule has 0 amide bonds. The molecular weight excluding hydrogens is 261 g/mol. The lowest BCUT2D eigenvalue weighted by molar-refractivity contribution is 0.621. The van der Waals surface area contributed by atoms with E-state index in [9.17, 15) is 4.39 Å². The van der Waals surface area contributed by atoms with Crippen molar-refractivity contribution in [2.45, 2.75) is 13.3 Å². The molecule has 0 spiro atoms. The van der Waals surface area contributed by atoms with Crippen molar-refractivity contribution < 1.29 is 4.39 Å². The van der Waals surface area contributed by atoms with Crippen molar-refractivity contribution in [3.8, 4) is 0 Å². The third kappa shape index (κ3) is 4.57. The van der Waals surface area contributed by atoms with Crippen molar-refractivity contribution >= 4 is 21.7 Å². The predicted molar refractivity (Wildman–Crippen MR) is 63.5 cm³/mol. The van der Waals surface area contributed by atoms with Gasteiger partial charge in [-0.2, -0.15) is 0 Å². The highest BCUT2D eigenvalue weighted by Gasteiger charge is 2.02. The zero-order chi connectivity index (χ0) is 11.1. The SMILES string of the molecule is CCCNCCNc1ncc(Br)cc1F. The first-order valence-corrected chi connectivity index (χ1v) is 5.79. The Balaban J connectivity index is 2.31. The number of hydrogen-bond donors (Lipinski definition) is 2. The molecule has 0 bridgehead atoms. The molecule has 0 aliphatic carbocycles. The molecule has 0 radical (unpaired) electrons. The van der Waals surface area contributed by atoms with Crippen LogP contribution in [-0.2, 0) is 0 Å². The molecule has 15 heavy (non-hydrogen) atoms. The lowest BCUT2D eigenvalue weighted by Gasteiger charge is -2.07. The van der Waals surface area contributed by atoms with Crippen LogP contribution in [0.2, 0.25) is 0 Å². The smallest absolute Gasteiger partial charge is 0.166 e. The van der Waals surface area contributed by atoms with Crippen molar-refractivity contribution in [2.24, 2.45) is 0 Å². The maximum absolute atomic E-state index is 13.3. The zero-order valence-electron chi connectivity index (χ0n) is 8.69. The summed E-state index contributed by atoms with van der Waals surface area (Å²) in [6, 6.07) is 1.40. The number of hydrogen-bond acceptors (Lipinski definition) is 3. The number of pyridine rings is 1. The molecule has 1 heterocycles. The van der Waals surface area contributed by atoms with E-state index in [4.69, 9.17) is 0 Å². The maximum Gasteiger partial charge on any atom is 0.166 e. The van der Waals surface area contributed by atoms with Crippen molar-refractivity contribution in [1.82, 2.24) is 10.3 Å². The van der Waals surface area contributed by atoms with Crippen molar-refractivity contribution in [3.05, 3.63) is 22.6 Å². The minimum absolute atomic E-state index is 0.302. The Morgan fingerprint density at radius 1 is 1.40 bits per heavy atom. The molecule has 1 rings (SSSR count). The molecule has 5 heteroatoms. The number of rotatable bonds is 6. The van der Waals surface area contributed by atoms with Crippen molar-refractivity contribution in [2.75, 3.05) is 25.0 Å². The van der Waals surface area contributed by atoms with Crippen LogP contribution >= 0.6 is 15.9 Å². The Bertz CT molecular complexity index is 307. The van der Waals surface area contributed by atoms with Gasteiger partial charge in [-0.3, -0.25) is 0 Å². The van der Waals surface area contributed by atoms with E-state index in [0.29, 0.717) is 16.8 Å². The van der Waals surface area contributed by atoms with Crippen LogP contribution in [0.5, 0.6) is 0 Å². The molecule has 1 aromatic rings. The summed E-state index contributed by atoms with van der Waals surface area (Å²) in [4.78, 5) is 3.93. The fourth-order valence-electron chi connectivity index (χ4n) is 1.12. The summed E-state index contributed by atoms with van der Waals surface area (Å²) in [6.45, 7) is 4.57. The van der Waals surface area contributed by atoms with Crippen LogP contribution in [0.3, 0.4) is 0 Å². The molecule has 0 unspecified atom stereocenters. The zero-order valence-corrected chi connectivity index (χ0v) is 10.3. The van der Waals surface area contributed by atoms with Crippen LogP contribution in [0.15, 0.2) is 16.7 Å². The normalized spacial score (nSPS) is 10.3. The summed E-state index contributed by atoms with van der Waals surface area (Å²) < 4.78 is 13.9. The summed E-state index contributed by atoms with van der Waals surface area (Å²) in [6.07, 6.45) is 2.68. The Morgan fingerprint density at radius 2 is 2.20 bits per heavy atom. The molecule has 0 aromatic carbocycles. The standard InChI is InChI=1S/C10H15BrFN3/c1-2-3-13-4-5-14-10-9(12)6-8(11)7-15-10/h6-7,13H,2-5H2,1H3,(H,14,15). The average Bonchev–Trinajstić information content (AvgIpc) is 2.20.